The van der Waals surface area contributed by atoms with Crippen LogP contribution in [0.4, 0.5) is 13.8 Å². The van der Waals surface area contributed by atoms with Crippen LogP contribution in [0.3, 0.4) is 0 Å². The third-order valence-corrected chi connectivity index (χ3v) is 3.88. The molecule has 1 aromatic heterocycles. The number of halogens is 2. The first kappa shape index (κ1) is 13.0. The van der Waals surface area contributed by atoms with E-state index in [1.807, 2.05) is 0 Å². The third kappa shape index (κ3) is 2.00. The molecule has 1 heterocycles. The second-order valence-corrected chi connectivity index (χ2v) is 4.80. The second kappa shape index (κ2) is 5.04. The molecule has 0 aliphatic rings. The predicted octanol–water partition coefficient (Wildman–Crippen LogP) is 3.54. The molecule has 0 fully saturated rings. The average molecular weight is 269 g/mol. The number of aryl methyl sites for hydroxylation is 1. The Morgan fingerprint density at radius 1 is 1.22 bits per heavy atom. The summed E-state index contributed by atoms with van der Waals surface area (Å²) in [6, 6.07) is 3.07. The van der Waals surface area contributed by atoms with E-state index in [0.717, 1.165) is 5.00 Å². The molecule has 0 radical (unpaired) electrons. The quantitative estimate of drug-likeness (QED) is 0.893. The molecule has 0 aliphatic heterocycles. The Kier molecular flexibility index (Phi) is 3.63. The zero-order valence-corrected chi connectivity index (χ0v) is 10.9. The number of hydrogen-bond donors (Lipinski definition) is 2. The van der Waals surface area contributed by atoms with Crippen LogP contribution in [0.5, 0.6) is 0 Å². The molecule has 2 N–H and O–H groups in total. The fourth-order valence-electron chi connectivity index (χ4n) is 1.83. The van der Waals surface area contributed by atoms with Gasteiger partial charge in [-0.3, -0.25) is 0 Å². The highest BCUT2D eigenvalue weighted by atomic mass is 32.1. The molecule has 2 aromatic rings. The fraction of sp³-hybridized carbons (Fsp3) is 0.231. The lowest BCUT2D eigenvalue weighted by Crippen LogP contribution is -1.96. The van der Waals surface area contributed by atoms with Gasteiger partial charge in [0.25, 0.3) is 0 Å². The van der Waals surface area contributed by atoms with Crippen molar-refractivity contribution in [1.82, 2.24) is 0 Å². The molecule has 96 valence electrons. The van der Waals surface area contributed by atoms with E-state index < -0.39 is 11.6 Å². The van der Waals surface area contributed by atoms with Crippen LogP contribution in [0.15, 0.2) is 17.5 Å². The number of nitrogens with one attached hydrogen (secondary N) is 1. The van der Waals surface area contributed by atoms with Gasteiger partial charge in [-0.25, -0.2) is 8.78 Å². The van der Waals surface area contributed by atoms with Crippen LogP contribution in [0.25, 0.3) is 11.1 Å². The molecule has 0 saturated heterocycles. The largest absolute Gasteiger partial charge is 0.392 e. The van der Waals surface area contributed by atoms with Gasteiger partial charge in [-0.2, -0.15) is 0 Å². The lowest BCUT2D eigenvalue weighted by Gasteiger charge is -2.07. The van der Waals surface area contributed by atoms with Crippen LogP contribution in [-0.2, 0) is 6.61 Å². The summed E-state index contributed by atoms with van der Waals surface area (Å²) in [5.41, 5.74) is 1.57. The Balaban J connectivity index is 2.62. The zero-order valence-electron chi connectivity index (χ0n) is 10.1. The van der Waals surface area contributed by atoms with Gasteiger partial charge in [-0.1, -0.05) is 12.1 Å². The Hall–Kier alpha value is -1.46. The van der Waals surface area contributed by atoms with Gasteiger partial charge >= 0.3 is 0 Å². The van der Waals surface area contributed by atoms with Crippen LogP contribution >= 0.6 is 11.3 Å². The fourth-order valence-corrected chi connectivity index (χ4v) is 2.77. The maximum Gasteiger partial charge on any atom is 0.166 e. The maximum absolute atomic E-state index is 13.9. The molecule has 0 amide bonds. The summed E-state index contributed by atoms with van der Waals surface area (Å²) in [5, 5.41) is 14.7. The van der Waals surface area contributed by atoms with Crippen LogP contribution < -0.4 is 5.32 Å². The molecule has 0 saturated carbocycles. The standard InChI is InChI=1S/C13H13F2NOS/c1-7-3-4-8(12(15)11(7)14)10-6-18-13(16-2)9(10)5-17/h3-4,6,16-17H,5H2,1-2H3. The predicted molar refractivity (Wildman–Crippen MR) is 69.9 cm³/mol. The number of rotatable bonds is 3. The molecule has 18 heavy (non-hydrogen) atoms. The van der Waals surface area contributed by atoms with E-state index in [-0.39, 0.29) is 17.7 Å². The van der Waals surface area contributed by atoms with Gasteiger partial charge in [0.05, 0.1) is 11.6 Å². The van der Waals surface area contributed by atoms with Gasteiger partial charge in [0.15, 0.2) is 11.6 Å². The van der Waals surface area contributed by atoms with Gasteiger partial charge in [0, 0.05) is 29.1 Å². The van der Waals surface area contributed by atoms with E-state index >= 15 is 0 Å². The third-order valence-electron chi connectivity index (χ3n) is 2.84. The van der Waals surface area contributed by atoms with Crippen molar-refractivity contribution in [2.45, 2.75) is 13.5 Å². The van der Waals surface area contributed by atoms with Gasteiger partial charge in [-0.05, 0) is 12.5 Å². The summed E-state index contributed by atoms with van der Waals surface area (Å²) in [7, 11) is 1.72. The minimum Gasteiger partial charge on any atom is -0.392 e. The Morgan fingerprint density at radius 3 is 2.56 bits per heavy atom. The highest BCUT2D eigenvalue weighted by Crippen LogP contribution is 2.37. The van der Waals surface area contributed by atoms with Crippen molar-refractivity contribution in [2.75, 3.05) is 12.4 Å². The lowest BCUT2D eigenvalue weighted by atomic mass is 10.0. The highest BCUT2D eigenvalue weighted by Gasteiger charge is 2.18. The summed E-state index contributed by atoms with van der Waals surface area (Å²) < 4.78 is 27.5. The average Bonchev–Trinajstić information content (AvgIpc) is 2.78. The normalized spacial score (nSPS) is 10.7. The summed E-state index contributed by atoms with van der Waals surface area (Å²) in [6.07, 6.45) is 0. The number of hydrogen-bond acceptors (Lipinski definition) is 3. The topological polar surface area (TPSA) is 32.3 Å². The van der Waals surface area contributed by atoms with Gasteiger partial charge in [0.2, 0.25) is 0 Å². The molecule has 5 heteroatoms. The number of thiophene rings is 1. The summed E-state index contributed by atoms with van der Waals surface area (Å²) >= 11 is 1.35. The van der Waals surface area contributed by atoms with E-state index in [9.17, 15) is 13.9 Å². The Labute approximate surface area is 108 Å². The molecular weight excluding hydrogens is 256 g/mol. The van der Waals surface area contributed by atoms with Gasteiger partial charge in [0.1, 0.15) is 0 Å². The van der Waals surface area contributed by atoms with Crippen molar-refractivity contribution < 1.29 is 13.9 Å². The molecule has 0 atom stereocenters. The molecule has 2 rings (SSSR count). The first-order valence-electron chi connectivity index (χ1n) is 5.44. The highest BCUT2D eigenvalue weighted by molar-refractivity contribution is 7.14. The first-order valence-corrected chi connectivity index (χ1v) is 6.32. The molecule has 2 nitrogen and oxygen atoms in total. The van der Waals surface area contributed by atoms with Crippen molar-refractivity contribution in [3.05, 3.63) is 40.3 Å². The van der Waals surface area contributed by atoms with Crippen molar-refractivity contribution in [3.8, 4) is 11.1 Å². The van der Waals surface area contributed by atoms with E-state index in [1.165, 1.54) is 30.4 Å². The maximum atomic E-state index is 13.9. The minimum atomic E-state index is -0.870. The van der Waals surface area contributed by atoms with Crippen molar-refractivity contribution in [1.29, 1.82) is 0 Å². The lowest BCUT2D eigenvalue weighted by molar-refractivity contribution is 0.283. The molecular formula is C13H13F2NOS. The number of benzene rings is 1. The Bertz CT molecular complexity index is 581. The number of anilines is 1. The van der Waals surface area contributed by atoms with E-state index in [1.54, 1.807) is 12.4 Å². The molecule has 1 aromatic carbocycles. The molecule has 0 unspecified atom stereocenters. The molecule has 0 aliphatic carbocycles. The van der Waals surface area contributed by atoms with Crippen molar-refractivity contribution >= 4 is 16.3 Å². The van der Waals surface area contributed by atoms with E-state index in [2.05, 4.69) is 5.32 Å². The van der Waals surface area contributed by atoms with Crippen LogP contribution in [-0.4, -0.2) is 12.2 Å². The van der Waals surface area contributed by atoms with E-state index in [0.29, 0.717) is 11.1 Å². The second-order valence-electron chi connectivity index (χ2n) is 3.92. The minimum absolute atomic E-state index is 0.180. The van der Waals surface area contributed by atoms with Crippen LogP contribution in [0.2, 0.25) is 0 Å². The summed E-state index contributed by atoms with van der Waals surface area (Å²) in [4.78, 5) is 0. The number of aliphatic hydroxyl groups is 1. The summed E-state index contributed by atoms with van der Waals surface area (Å²) in [6.45, 7) is 1.30. The van der Waals surface area contributed by atoms with Crippen molar-refractivity contribution in [2.24, 2.45) is 0 Å². The van der Waals surface area contributed by atoms with Crippen LogP contribution in [0.1, 0.15) is 11.1 Å². The SMILES string of the molecule is CNc1scc(-c2ccc(C)c(F)c2F)c1CO. The zero-order chi connectivity index (χ0) is 13.3. The van der Waals surface area contributed by atoms with Gasteiger partial charge in [-0.15, -0.1) is 11.3 Å². The first-order chi connectivity index (χ1) is 8.60. The Morgan fingerprint density at radius 2 is 1.94 bits per heavy atom. The van der Waals surface area contributed by atoms with Crippen molar-refractivity contribution in [3.63, 3.8) is 0 Å². The van der Waals surface area contributed by atoms with Crippen LogP contribution in [0, 0.1) is 18.6 Å². The molecule has 0 bridgehead atoms. The van der Waals surface area contributed by atoms with Gasteiger partial charge < -0.3 is 10.4 Å². The van der Waals surface area contributed by atoms with E-state index in [4.69, 9.17) is 0 Å². The number of aliphatic hydroxyl groups excluding tert-OH is 1. The molecule has 0 spiro atoms. The smallest absolute Gasteiger partial charge is 0.166 e. The summed E-state index contributed by atoms with van der Waals surface area (Å²) in [5.74, 6) is -1.71. The monoisotopic (exact) mass is 269 g/mol.